The van der Waals surface area contributed by atoms with E-state index in [1.807, 2.05) is 36.4 Å². The Bertz CT molecular complexity index is 1490. The molecule has 2 heterocycles. The number of nitrogens with one attached hydrogen (secondary N) is 2. The highest BCUT2D eigenvalue weighted by molar-refractivity contribution is 7.21. The van der Waals surface area contributed by atoms with Gasteiger partial charge in [0.2, 0.25) is 0 Å². The van der Waals surface area contributed by atoms with Crippen molar-refractivity contribution in [1.29, 1.82) is 0 Å². The lowest BCUT2D eigenvalue weighted by Gasteiger charge is -2.33. The van der Waals surface area contributed by atoms with Gasteiger partial charge in [0.05, 0.1) is 16.1 Å². The van der Waals surface area contributed by atoms with E-state index in [0.29, 0.717) is 4.88 Å². The minimum atomic E-state index is -1.96. The van der Waals surface area contributed by atoms with Crippen LogP contribution in [0, 0.1) is 0 Å². The number of anilines is 3. The molecule has 0 saturated carbocycles. The number of aryl methyl sites for hydroxylation is 1. The fourth-order valence-electron chi connectivity index (χ4n) is 4.04. The maximum atomic E-state index is 13.3. The van der Waals surface area contributed by atoms with Crippen molar-refractivity contribution in [2.24, 2.45) is 5.16 Å². The molecule has 0 saturated heterocycles. The number of carbonyl (C=O) groups excluding carboxylic acids is 1. The molecular weight excluding hydrogens is 496 g/mol. The topological polar surface area (TPSA) is 75.6 Å². The standard InChI is InChI=1S/C29H32N4O2SSi/c1-29(2,3)37(4,5)35-33-24-14-11-19-17-21(12-13-22(19)24)31-26-23-15-16-30-18-25(23)36-27(26)28(34)32-20-9-7-6-8-10-20/h6-10,12-13,15-18,31H,11,14H2,1-5H3,(H,32,34)/b33-24-. The number of hydrogen-bond acceptors (Lipinski definition) is 6. The number of fused-ring (bicyclic) bond motifs is 2. The molecule has 2 aromatic carbocycles. The molecule has 2 N–H and O–H groups in total. The summed E-state index contributed by atoms with van der Waals surface area (Å²) in [6.45, 7) is 11.1. The highest BCUT2D eigenvalue weighted by Crippen LogP contribution is 2.39. The third kappa shape index (κ3) is 5.17. The summed E-state index contributed by atoms with van der Waals surface area (Å²) >= 11 is 1.44. The van der Waals surface area contributed by atoms with Gasteiger partial charge < -0.3 is 15.2 Å². The number of hydrogen-bond donors (Lipinski definition) is 2. The highest BCUT2D eigenvalue weighted by Gasteiger charge is 2.40. The van der Waals surface area contributed by atoms with Crippen molar-refractivity contribution in [3.8, 4) is 0 Å². The van der Waals surface area contributed by atoms with Crippen molar-refractivity contribution in [3.05, 3.63) is 83.0 Å². The molecule has 0 radical (unpaired) electrons. The van der Waals surface area contributed by atoms with Crippen LogP contribution < -0.4 is 10.6 Å². The number of aromatic nitrogens is 1. The Morgan fingerprint density at radius 1 is 1.05 bits per heavy atom. The Balaban J connectivity index is 1.42. The number of benzene rings is 2. The molecule has 190 valence electrons. The molecule has 2 aromatic heterocycles. The van der Waals surface area contributed by atoms with Crippen LogP contribution in [0.2, 0.25) is 18.1 Å². The maximum absolute atomic E-state index is 13.3. The van der Waals surface area contributed by atoms with E-state index in [1.165, 1.54) is 16.9 Å². The van der Waals surface area contributed by atoms with E-state index in [9.17, 15) is 4.79 Å². The molecule has 5 rings (SSSR count). The number of rotatable bonds is 6. The van der Waals surface area contributed by atoms with Crippen molar-refractivity contribution < 1.29 is 9.32 Å². The summed E-state index contributed by atoms with van der Waals surface area (Å²) in [6, 6.07) is 17.8. The number of oxime groups is 1. The van der Waals surface area contributed by atoms with E-state index in [4.69, 9.17) is 4.53 Å². The smallest absolute Gasteiger partial charge is 0.286 e. The Morgan fingerprint density at radius 3 is 2.59 bits per heavy atom. The highest BCUT2D eigenvalue weighted by atomic mass is 32.1. The van der Waals surface area contributed by atoms with Gasteiger partial charge in [-0.15, -0.1) is 16.5 Å². The van der Waals surface area contributed by atoms with Crippen LogP contribution in [-0.4, -0.2) is 24.9 Å². The predicted octanol–water partition coefficient (Wildman–Crippen LogP) is 7.96. The number of pyridine rings is 1. The Hall–Kier alpha value is -3.49. The Labute approximate surface area is 222 Å². The summed E-state index contributed by atoms with van der Waals surface area (Å²) in [7, 11) is -1.96. The molecule has 0 spiro atoms. The lowest BCUT2D eigenvalue weighted by molar-refractivity contribution is 0.103. The van der Waals surface area contributed by atoms with Crippen LogP contribution in [0.5, 0.6) is 0 Å². The zero-order valence-corrected chi connectivity index (χ0v) is 23.7. The first-order valence-corrected chi connectivity index (χ1v) is 16.2. The molecule has 8 heteroatoms. The maximum Gasteiger partial charge on any atom is 0.286 e. The molecular formula is C29H32N4O2SSi. The second-order valence-electron chi connectivity index (χ2n) is 10.9. The third-order valence-corrected chi connectivity index (χ3v) is 12.5. The van der Waals surface area contributed by atoms with Gasteiger partial charge in [0.25, 0.3) is 14.2 Å². The van der Waals surface area contributed by atoms with Crippen LogP contribution in [0.25, 0.3) is 10.1 Å². The zero-order chi connectivity index (χ0) is 26.2. The number of nitrogens with zero attached hydrogens (tertiary/aromatic N) is 2. The number of carbonyl (C=O) groups is 1. The fourth-order valence-corrected chi connectivity index (χ4v) is 5.67. The van der Waals surface area contributed by atoms with Gasteiger partial charge >= 0.3 is 0 Å². The van der Waals surface area contributed by atoms with E-state index in [1.54, 1.807) is 12.4 Å². The molecule has 4 aromatic rings. The van der Waals surface area contributed by atoms with Crippen LogP contribution >= 0.6 is 11.3 Å². The van der Waals surface area contributed by atoms with Crippen molar-refractivity contribution in [3.63, 3.8) is 0 Å². The van der Waals surface area contributed by atoms with Gasteiger partial charge in [-0.3, -0.25) is 9.78 Å². The van der Waals surface area contributed by atoms with Crippen molar-refractivity contribution >= 4 is 58.4 Å². The molecule has 0 atom stereocenters. The first-order valence-electron chi connectivity index (χ1n) is 12.5. The molecule has 1 aliphatic rings. The minimum Gasteiger partial charge on any atom is -0.455 e. The minimum absolute atomic E-state index is 0.107. The Kier molecular flexibility index (Phi) is 6.64. The molecule has 37 heavy (non-hydrogen) atoms. The second-order valence-corrected chi connectivity index (χ2v) is 16.6. The summed E-state index contributed by atoms with van der Waals surface area (Å²) < 4.78 is 7.11. The SMILES string of the molecule is CC(C)(C)[Si](C)(C)O/N=C1/CCc2cc(Nc3c(C(=O)Nc4ccccc4)sc4cnccc34)ccc21. The second kappa shape index (κ2) is 9.76. The van der Waals surface area contributed by atoms with E-state index >= 15 is 0 Å². The van der Waals surface area contributed by atoms with Gasteiger partial charge in [0.1, 0.15) is 4.88 Å². The summed E-state index contributed by atoms with van der Waals surface area (Å²) in [5.74, 6) is -0.145. The van der Waals surface area contributed by atoms with Gasteiger partial charge in [-0.05, 0) is 66.9 Å². The van der Waals surface area contributed by atoms with Crippen LogP contribution in [0.4, 0.5) is 17.1 Å². The average molecular weight is 529 g/mol. The number of thiophene rings is 1. The fraction of sp³-hybridized carbons (Fsp3) is 0.276. The Morgan fingerprint density at radius 2 is 1.84 bits per heavy atom. The largest absolute Gasteiger partial charge is 0.455 e. The van der Waals surface area contributed by atoms with E-state index in [0.717, 1.165) is 51.3 Å². The molecule has 0 aliphatic heterocycles. The first-order chi connectivity index (χ1) is 17.6. The van der Waals surface area contributed by atoms with Crippen molar-refractivity contribution in [2.45, 2.75) is 51.7 Å². The van der Waals surface area contributed by atoms with Crippen LogP contribution in [0.3, 0.4) is 0 Å². The molecule has 0 unspecified atom stereocenters. The summed E-state index contributed by atoms with van der Waals surface area (Å²) in [5, 5.41) is 12.3. The van der Waals surface area contributed by atoms with Gasteiger partial charge in [0, 0.05) is 34.7 Å². The van der Waals surface area contributed by atoms with Crippen molar-refractivity contribution in [1.82, 2.24) is 4.98 Å². The van der Waals surface area contributed by atoms with Crippen LogP contribution in [-0.2, 0) is 10.9 Å². The lowest BCUT2D eigenvalue weighted by Crippen LogP contribution is -2.39. The number of para-hydroxylation sites is 1. The lowest BCUT2D eigenvalue weighted by atomic mass is 10.1. The molecule has 1 aliphatic carbocycles. The van der Waals surface area contributed by atoms with Crippen LogP contribution in [0.1, 0.15) is 48.0 Å². The molecule has 0 bridgehead atoms. The van der Waals surface area contributed by atoms with Gasteiger partial charge in [-0.2, -0.15) is 0 Å². The van der Waals surface area contributed by atoms with E-state index < -0.39 is 8.32 Å². The summed E-state index contributed by atoms with van der Waals surface area (Å²) in [6.07, 6.45) is 5.34. The normalized spacial score (nSPS) is 14.6. The van der Waals surface area contributed by atoms with Gasteiger partial charge in [-0.25, -0.2) is 0 Å². The van der Waals surface area contributed by atoms with Crippen molar-refractivity contribution in [2.75, 3.05) is 10.6 Å². The van der Waals surface area contributed by atoms with E-state index in [2.05, 4.69) is 72.8 Å². The quantitative estimate of drug-likeness (QED) is 0.197. The third-order valence-electron chi connectivity index (χ3n) is 7.24. The molecule has 1 amide bonds. The molecule has 6 nitrogen and oxygen atoms in total. The molecule has 0 fully saturated rings. The predicted molar refractivity (Wildman–Crippen MR) is 157 cm³/mol. The monoisotopic (exact) mass is 528 g/mol. The van der Waals surface area contributed by atoms with Crippen LogP contribution in [0.15, 0.2) is 72.1 Å². The number of amides is 1. The van der Waals surface area contributed by atoms with E-state index in [-0.39, 0.29) is 10.9 Å². The summed E-state index contributed by atoms with van der Waals surface area (Å²) in [5.41, 5.74) is 5.89. The zero-order valence-electron chi connectivity index (χ0n) is 21.9. The average Bonchev–Trinajstić information content (AvgIpc) is 3.44. The van der Waals surface area contributed by atoms with Gasteiger partial charge in [-0.1, -0.05) is 45.0 Å². The first kappa shape index (κ1) is 25.2. The summed E-state index contributed by atoms with van der Waals surface area (Å²) in [4.78, 5) is 18.1. The van der Waals surface area contributed by atoms with Gasteiger partial charge in [0.15, 0.2) is 0 Å².